The van der Waals surface area contributed by atoms with Crippen LogP contribution in [0.15, 0.2) is 24.3 Å². The summed E-state index contributed by atoms with van der Waals surface area (Å²) in [6.07, 6.45) is 0. The third kappa shape index (κ3) is 2.56. The number of hydrogen-bond donors (Lipinski definition) is 1. The Kier molecular flexibility index (Phi) is 4.11. The largest absolute Gasteiger partial charge is 0.478 e. The zero-order chi connectivity index (χ0) is 15.0. The second kappa shape index (κ2) is 5.51. The van der Waals surface area contributed by atoms with Crippen LogP contribution in [-0.4, -0.2) is 15.6 Å². The molecular weight excluding hydrogens is 297 g/mol. The van der Waals surface area contributed by atoms with E-state index in [-0.39, 0.29) is 6.04 Å². The van der Waals surface area contributed by atoms with Gasteiger partial charge in [-0.3, -0.25) is 0 Å². The number of hydrogen-bond acceptors (Lipinski definition) is 1. The lowest BCUT2D eigenvalue weighted by Crippen LogP contribution is -2.06. The number of rotatable bonds is 3. The summed E-state index contributed by atoms with van der Waals surface area (Å²) in [6.45, 7) is 5.81. The van der Waals surface area contributed by atoms with E-state index in [1.807, 2.05) is 24.5 Å². The fraction of sp³-hybridized carbons (Fsp3) is 0.267. The highest BCUT2D eigenvalue weighted by Gasteiger charge is 2.20. The van der Waals surface area contributed by atoms with Crippen molar-refractivity contribution < 1.29 is 9.90 Å². The molecule has 1 aromatic carbocycles. The van der Waals surface area contributed by atoms with Gasteiger partial charge in [0.2, 0.25) is 0 Å². The molecule has 0 saturated heterocycles. The fourth-order valence-corrected chi connectivity index (χ4v) is 2.91. The van der Waals surface area contributed by atoms with E-state index in [9.17, 15) is 9.90 Å². The molecule has 106 valence electrons. The first-order chi connectivity index (χ1) is 9.32. The summed E-state index contributed by atoms with van der Waals surface area (Å²) in [5.74, 6) is -0.937. The summed E-state index contributed by atoms with van der Waals surface area (Å²) in [7, 11) is 0. The Morgan fingerprint density at radius 3 is 2.40 bits per heavy atom. The molecule has 1 aromatic heterocycles. The van der Waals surface area contributed by atoms with Crippen LogP contribution < -0.4 is 0 Å². The van der Waals surface area contributed by atoms with Gasteiger partial charge in [0.15, 0.2) is 0 Å². The van der Waals surface area contributed by atoms with Crippen LogP contribution in [0.4, 0.5) is 0 Å². The van der Waals surface area contributed by atoms with Gasteiger partial charge < -0.3 is 9.67 Å². The van der Waals surface area contributed by atoms with Crippen molar-refractivity contribution >= 4 is 29.2 Å². The number of halogens is 2. The van der Waals surface area contributed by atoms with Crippen molar-refractivity contribution in [2.75, 3.05) is 0 Å². The summed E-state index contributed by atoms with van der Waals surface area (Å²) in [4.78, 5) is 11.3. The standard InChI is InChI=1S/C15H15Cl2NO2/c1-8(2)18-9(3)12(15(19)20)7-14(18)11-5-4-10(16)6-13(11)17/h4-8H,1-3H3,(H,19,20). The molecule has 5 heteroatoms. The molecule has 0 fully saturated rings. The fourth-order valence-electron chi connectivity index (χ4n) is 2.41. The lowest BCUT2D eigenvalue weighted by atomic mass is 10.1. The minimum atomic E-state index is -0.937. The summed E-state index contributed by atoms with van der Waals surface area (Å²) in [6, 6.07) is 7.00. The number of carbonyl (C=O) groups is 1. The number of carboxylic acid groups (broad SMARTS) is 1. The van der Waals surface area contributed by atoms with Crippen molar-refractivity contribution in [2.24, 2.45) is 0 Å². The van der Waals surface area contributed by atoms with Crippen LogP contribution in [0.1, 0.15) is 35.9 Å². The molecular formula is C15H15Cl2NO2. The van der Waals surface area contributed by atoms with Gasteiger partial charge >= 0.3 is 5.97 Å². The van der Waals surface area contributed by atoms with Crippen LogP contribution in [-0.2, 0) is 0 Å². The Balaban J connectivity index is 2.73. The van der Waals surface area contributed by atoms with Crippen molar-refractivity contribution in [1.82, 2.24) is 4.57 Å². The van der Waals surface area contributed by atoms with Gasteiger partial charge in [0.25, 0.3) is 0 Å². The van der Waals surface area contributed by atoms with Gasteiger partial charge in [0, 0.05) is 22.3 Å². The van der Waals surface area contributed by atoms with Crippen molar-refractivity contribution in [1.29, 1.82) is 0 Å². The molecule has 3 nitrogen and oxygen atoms in total. The molecule has 0 saturated carbocycles. The predicted octanol–water partition coefficient (Wildman–Crippen LogP) is 5.05. The van der Waals surface area contributed by atoms with Crippen LogP contribution in [0, 0.1) is 6.92 Å². The first-order valence-corrected chi connectivity index (χ1v) is 6.99. The van der Waals surface area contributed by atoms with E-state index in [1.54, 1.807) is 25.1 Å². The lowest BCUT2D eigenvalue weighted by Gasteiger charge is -2.16. The van der Waals surface area contributed by atoms with Crippen LogP contribution in [0.5, 0.6) is 0 Å². The second-order valence-electron chi connectivity index (χ2n) is 4.92. The monoisotopic (exact) mass is 311 g/mol. The molecule has 0 radical (unpaired) electrons. The van der Waals surface area contributed by atoms with E-state index in [4.69, 9.17) is 23.2 Å². The zero-order valence-corrected chi connectivity index (χ0v) is 13.0. The molecule has 0 aliphatic heterocycles. The summed E-state index contributed by atoms with van der Waals surface area (Å²) in [5.41, 5.74) is 2.57. The first kappa shape index (κ1) is 14.9. The number of aromatic carboxylic acids is 1. The molecule has 1 heterocycles. The molecule has 0 unspecified atom stereocenters. The van der Waals surface area contributed by atoms with Gasteiger partial charge in [0.05, 0.1) is 16.3 Å². The molecule has 0 spiro atoms. The van der Waals surface area contributed by atoms with E-state index in [0.717, 1.165) is 11.3 Å². The SMILES string of the molecule is Cc1c(C(=O)O)cc(-c2ccc(Cl)cc2Cl)n1C(C)C. The minimum Gasteiger partial charge on any atom is -0.478 e. The Bertz CT molecular complexity index is 675. The van der Waals surface area contributed by atoms with Gasteiger partial charge in [-0.2, -0.15) is 0 Å². The molecule has 0 amide bonds. The third-order valence-corrected chi connectivity index (χ3v) is 3.79. The van der Waals surface area contributed by atoms with Gasteiger partial charge in [0.1, 0.15) is 0 Å². The van der Waals surface area contributed by atoms with Gasteiger partial charge in [-0.25, -0.2) is 4.79 Å². The molecule has 0 aliphatic rings. The maximum Gasteiger partial charge on any atom is 0.337 e. The van der Waals surface area contributed by atoms with Gasteiger partial charge in [-0.15, -0.1) is 0 Å². The van der Waals surface area contributed by atoms with Gasteiger partial charge in [-0.05, 0) is 45.0 Å². The van der Waals surface area contributed by atoms with Crippen molar-refractivity contribution in [3.63, 3.8) is 0 Å². The molecule has 0 bridgehead atoms. The maximum absolute atomic E-state index is 11.3. The topological polar surface area (TPSA) is 42.2 Å². The van der Waals surface area contributed by atoms with E-state index >= 15 is 0 Å². The third-order valence-electron chi connectivity index (χ3n) is 3.25. The average Bonchev–Trinajstić information content (AvgIpc) is 2.66. The second-order valence-corrected chi connectivity index (χ2v) is 5.77. The Hall–Kier alpha value is -1.45. The first-order valence-electron chi connectivity index (χ1n) is 6.23. The molecule has 1 N–H and O–H groups in total. The van der Waals surface area contributed by atoms with Crippen LogP contribution in [0.2, 0.25) is 10.0 Å². The molecule has 0 atom stereocenters. The normalized spacial score (nSPS) is 11.1. The van der Waals surface area contributed by atoms with Crippen molar-refractivity contribution in [3.05, 3.63) is 45.6 Å². The van der Waals surface area contributed by atoms with Crippen LogP contribution in [0.25, 0.3) is 11.3 Å². The Morgan fingerprint density at radius 1 is 1.25 bits per heavy atom. The Labute approximate surface area is 127 Å². The number of nitrogens with zero attached hydrogens (tertiary/aromatic N) is 1. The Morgan fingerprint density at radius 2 is 1.90 bits per heavy atom. The van der Waals surface area contributed by atoms with Crippen molar-refractivity contribution in [2.45, 2.75) is 26.8 Å². The average molecular weight is 312 g/mol. The van der Waals surface area contributed by atoms with E-state index in [1.165, 1.54) is 0 Å². The highest BCUT2D eigenvalue weighted by molar-refractivity contribution is 6.36. The molecule has 2 rings (SSSR count). The van der Waals surface area contributed by atoms with Crippen LogP contribution >= 0.6 is 23.2 Å². The minimum absolute atomic E-state index is 0.129. The highest BCUT2D eigenvalue weighted by Crippen LogP contribution is 2.35. The molecule has 2 aromatic rings. The zero-order valence-electron chi connectivity index (χ0n) is 11.4. The summed E-state index contributed by atoms with van der Waals surface area (Å²) in [5, 5.41) is 10.3. The summed E-state index contributed by atoms with van der Waals surface area (Å²) >= 11 is 12.1. The molecule has 20 heavy (non-hydrogen) atoms. The number of carboxylic acids is 1. The van der Waals surface area contributed by atoms with Crippen LogP contribution in [0.3, 0.4) is 0 Å². The lowest BCUT2D eigenvalue weighted by molar-refractivity contribution is 0.0696. The smallest absolute Gasteiger partial charge is 0.337 e. The van der Waals surface area contributed by atoms with E-state index in [0.29, 0.717) is 21.3 Å². The summed E-state index contributed by atoms with van der Waals surface area (Å²) < 4.78 is 1.97. The van der Waals surface area contributed by atoms with Gasteiger partial charge in [-0.1, -0.05) is 23.2 Å². The quantitative estimate of drug-likeness (QED) is 0.861. The highest BCUT2D eigenvalue weighted by atomic mass is 35.5. The number of benzene rings is 1. The van der Waals surface area contributed by atoms with Crippen molar-refractivity contribution in [3.8, 4) is 11.3 Å². The maximum atomic E-state index is 11.3. The van der Waals surface area contributed by atoms with E-state index < -0.39 is 5.97 Å². The van der Waals surface area contributed by atoms with E-state index in [2.05, 4.69) is 0 Å². The molecule has 0 aliphatic carbocycles. The predicted molar refractivity (Wildman–Crippen MR) is 82.0 cm³/mol. The number of aromatic nitrogens is 1.